The molecule has 1 aromatic carbocycles. The molecule has 3 nitrogen and oxygen atoms in total. The van der Waals surface area contributed by atoms with Crippen LogP contribution in [0, 0.1) is 5.92 Å². The van der Waals surface area contributed by atoms with E-state index in [1.165, 1.54) is 0 Å². The molecule has 16 heavy (non-hydrogen) atoms. The van der Waals surface area contributed by atoms with E-state index in [0.29, 0.717) is 11.8 Å². The maximum Gasteiger partial charge on any atom is 0.164 e. The lowest BCUT2D eigenvalue weighted by molar-refractivity contribution is 0.168. The van der Waals surface area contributed by atoms with E-state index in [-0.39, 0.29) is 6.10 Å². The highest BCUT2D eigenvalue weighted by molar-refractivity contribution is 5.50. The van der Waals surface area contributed by atoms with E-state index in [1.807, 2.05) is 19.1 Å². The SMILES string of the molecule is COc1cccc([C@H]2C[C@@H]2[C@@H](C)O)c1OC. The minimum atomic E-state index is -0.249. The van der Waals surface area contributed by atoms with Gasteiger partial charge in [-0.1, -0.05) is 12.1 Å². The van der Waals surface area contributed by atoms with Gasteiger partial charge in [-0.25, -0.2) is 0 Å². The van der Waals surface area contributed by atoms with Crippen LogP contribution < -0.4 is 9.47 Å². The van der Waals surface area contributed by atoms with Crippen LogP contribution in [0.25, 0.3) is 0 Å². The Morgan fingerprint density at radius 1 is 1.31 bits per heavy atom. The molecule has 1 N–H and O–H groups in total. The smallest absolute Gasteiger partial charge is 0.164 e. The molecule has 3 heteroatoms. The monoisotopic (exact) mass is 222 g/mol. The molecule has 1 aromatic rings. The van der Waals surface area contributed by atoms with E-state index in [4.69, 9.17) is 9.47 Å². The maximum atomic E-state index is 9.54. The summed E-state index contributed by atoms with van der Waals surface area (Å²) in [5.74, 6) is 2.33. The fourth-order valence-corrected chi connectivity index (χ4v) is 2.31. The van der Waals surface area contributed by atoms with Crippen molar-refractivity contribution in [3.05, 3.63) is 23.8 Å². The van der Waals surface area contributed by atoms with Crippen LogP contribution in [0.1, 0.15) is 24.8 Å². The third-order valence-electron chi connectivity index (χ3n) is 3.29. The van der Waals surface area contributed by atoms with Gasteiger partial charge in [0.15, 0.2) is 11.5 Å². The summed E-state index contributed by atoms with van der Waals surface area (Å²) in [5, 5.41) is 9.54. The van der Waals surface area contributed by atoms with Crippen LogP contribution in [0.5, 0.6) is 11.5 Å². The largest absolute Gasteiger partial charge is 0.493 e. The van der Waals surface area contributed by atoms with Crippen LogP contribution in [0.2, 0.25) is 0 Å². The minimum Gasteiger partial charge on any atom is -0.493 e. The predicted molar refractivity (Wildman–Crippen MR) is 62.1 cm³/mol. The number of ether oxygens (including phenoxy) is 2. The van der Waals surface area contributed by atoms with E-state index >= 15 is 0 Å². The molecule has 3 atom stereocenters. The third kappa shape index (κ3) is 1.87. The second-order valence-electron chi connectivity index (χ2n) is 4.33. The van der Waals surface area contributed by atoms with Crippen molar-refractivity contribution < 1.29 is 14.6 Å². The van der Waals surface area contributed by atoms with Gasteiger partial charge in [-0.05, 0) is 31.2 Å². The predicted octanol–water partition coefficient (Wildman–Crippen LogP) is 2.19. The van der Waals surface area contributed by atoms with Crippen molar-refractivity contribution >= 4 is 0 Å². The molecule has 0 unspecified atom stereocenters. The lowest BCUT2D eigenvalue weighted by Gasteiger charge is -2.12. The highest BCUT2D eigenvalue weighted by Gasteiger charge is 2.43. The molecule has 2 rings (SSSR count). The first-order valence-corrected chi connectivity index (χ1v) is 5.58. The average molecular weight is 222 g/mol. The molecule has 0 aliphatic heterocycles. The van der Waals surface area contributed by atoms with Gasteiger partial charge in [0.05, 0.1) is 20.3 Å². The summed E-state index contributed by atoms with van der Waals surface area (Å²) in [4.78, 5) is 0. The molecule has 0 aromatic heterocycles. The molecular weight excluding hydrogens is 204 g/mol. The van der Waals surface area contributed by atoms with Crippen LogP contribution in [0.15, 0.2) is 18.2 Å². The van der Waals surface area contributed by atoms with Crippen molar-refractivity contribution in [2.24, 2.45) is 5.92 Å². The molecule has 0 heterocycles. The van der Waals surface area contributed by atoms with Crippen molar-refractivity contribution in [2.75, 3.05) is 14.2 Å². The summed E-state index contributed by atoms with van der Waals surface area (Å²) in [5.41, 5.74) is 1.15. The van der Waals surface area contributed by atoms with Crippen molar-refractivity contribution in [1.29, 1.82) is 0 Å². The molecule has 0 bridgehead atoms. The van der Waals surface area contributed by atoms with Crippen LogP contribution in [0.4, 0.5) is 0 Å². The van der Waals surface area contributed by atoms with Crippen molar-refractivity contribution in [2.45, 2.75) is 25.4 Å². The van der Waals surface area contributed by atoms with E-state index < -0.39 is 0 Å². The van der Waals surface area contributed by atoms with Crippen molar-refractivity contribution in [3.8, 4) is 11.5 Å². The maximum absolute atomic E-state index is 9.54. The summed E-state index contributed by atoms with van der Waals surface area (Å²) in [6, 6.07) is 5.91. The Labute approximate surface area is 96.0 Å². The second-order valence-corrected chi connectivity index (χ2v) is 4.33. The molecule has 0 radical (unpaired) electrons. The molecular formula is C13H18O3. The summed E-state index contributed by atoms with van der Waals surface area (Å²) >= 11 is 0. The zero-order chi connectivity index (χ0) is 11.7. The number of benzene rings is 1. The van der Waals surface area contributed by atoms with Crippen LogP contribution in [0.3, 0.4) is 0 Å². The molecule has 0 saturated heterocycles. The van der Waals surface area contributed by atoms with Crippen LogP contribution >= 0.6 is 0 Å². The Morgan fingerprint density at radius 2 is 2.06 bits per heavy atom. The fraction of sp³-hybridized carbons (Fsp3) is 0.538. The van der Waals surface area contributed by atoms with E-state index in [9.17, 15) is 5.11 Å². The van der Waals surface area contributed by atoms with E-state index in [1.54, 1.807) is 14.2 Å². The van der Waals surface area contributed by atoms with Gasteiger partial charge in [0.2, 0.25) is 0 Å². The Balaban J connectivity index is 2.28. The Bertz CT molecular complexity index is 373. The number of para-hydroxylation sites is 1. The number of aliphatic hydroxyl groups excluding tert-OH is 1. The van der Waals surface area contributed by atoms with Gasteiger partial charge >= 0.3 is 0 Å². The van der Waals surface area contributed by atoms with E-state index in [2.05, 4.69) is 6.07 Å². The Kier molecular flexibility index (Phi) is 3.06. The van der Waals surface area contributed by atoms with Gasteiger partial charge in [-0.2, -0.15) is 0 Å². The average Bonchev–Trinajstić information content (AvgIpc) is 3.07. The first-order valence-electron chi connectivity index (χ1n) is 5.58. The number of methoxy groups -OCH3 is 2. The number of hydrogen-bond donors (Lipinski definition) is 1. The van der Waals surface area contributed by atoms with Crippen molar-refractivity contribution in [3.63, 3.8) is 0 Å². The summed E-state index contributed by atoms with van der Waals surface area (Å²) in [6.07, 6.45) is 0.780. The zero-order valence-electron chi connectivity index (χ0n) is 9.93. The minimum absolute atomic E-state index is 0.249. The van der Waals surface area contributed by atoms with Gasteiger partial charge < -0.3 is 14.6 Å². The molecule has 0 spiro atoms. The van der Waals surface area contributed by atoms with Crippen LogP contribution in [-0.2, 0) is 0 Å². The summed E-state index contributed by atoms with van der Waals surface area (Å²) in [6.45, 7) is 1.84. The van der Waals surface area contributed by atoms with E-state index in [0.717, 1.165) is 23.5 Å². The van der Waals surface area contributed by atoms with Gasteiger partial charge in [0, 0.05) is 5.56 Å². The molecule has 0 amide bonds. The van der Waals surface area contributed by atoms with Gasteiger partial charge in [0.25, 0.3) is 0 Å². The number of aliphatic hydroxyl groups is 1. The number of hydrogen-bond acceptors (Lipinski definition) is 3. The van der Waals surface area contributed by atoms with Crippen molar-refractivity contribution in [1.82, 2.24) is 0 Å². The normalized spacial score (nSPS) is 25.0. The fourth-order valence-electron chi connectivity index (χ4n) is 2.31. The van der Waals surface area contributed by atoms with Gasteiger partial charge in [-0.15, -0.1) is 0 Å². The topological polar surface area (TPSA) is 38.7 Å². The van der Waals surface area contributed by atoms with Gasteiger partial charge in [-0.3, -0.25) is 0 Å². The molecule has 1 saturated carbocycles. The second kappa shape index (κ2) is 4.34. The Hall–Kier alpha value is -1.22. The quantitative estimate of drug-likeness (QED) is 0.848. The molecule has 1 fully saturated rings. The van der Waals surface area contributed by atoms with Crippen LogP contribution in [-0.4, -0.2) is 25.4 Å². The third-order valence-corrected chi connectivity index (χ3v) is 3.29. The summed E-state index contributed by atoms with van der Waals surface area (Å²) < 4.78 is 10.7. The zero-order valence-corrected chi connectivity index (χ0v) is 9.93. The summed E-state index contributed by atoms with van der Waals surface area (Å²) in [7, 11) is 3.29. The first-order chi connectivity index (χ1) is 7.69. The molecule has 1 aliphatic carbocycles. The highest BCUT2D eigenvalue weighted by Crippen LogP contribution is 2.53. The number of rotatable bonds is 4. The first kappa shape index (κ1) is 11.3. The lowest BCUT2D eigenvalue weighted by Crippen LogP contribution is -2.04. The highest BCUT2D eigenvalue weighted by atomic mass is 16.5. The van der Waals surface area contributed by atoms with Gasteiger partial charge in [0.1, 0.15) is 0 Å². The molecule has 88 valence electrons. The standard InChI is InChI=1S/C13H18O3/c1-8(14)10-7-11(10)9-5-4-6-12(15-2)13(9)16-3/h4-6,8,10-11,14H,7H2,1-3H3/t8-,10-,11-/m1/s1. The molecule has 1 aliphatic rings. The lowest BCUT2D eigenvalue weighted by atomic mass is 10.1. The Morgan fingerprint density at radius 3 is 2.56 bits per heavy atom.